The lowest BCUT2D eigenvalue weighted by Crippen LogP contribution is -2.29. The largest absolute Gasteiger partial charge is 0.461 e. The molecule has 27 heavy (non-hydrogen) atoms. The van der Waals surface area contributed by atoms with E-state index in [1.807, 2.05) is 0 Å². The summed E-state index contributed by atoms with van der Waals surface area (Å²) in [6.07, 6.45) is 2.33. The minimum Gasteiger partial charge on any atom is -0.461 e. The van der Waals surface area contributed by atoms with Crippen LogP contribution in [-0.4, -0.2) is 24.3 Å². The van der Waals surface area contributed by atoms with E-state index in [0.29, 0.717) is 41.8 Å². The SMILES string of the molecule is Cc1cc(C2CCOC2)oc(=O)c1C(=O)NCc1cc(-c2ccco2)on1. The molecule has 4 heterocycles. The van der Waals surface area contributed by atoms with Crippen LogP contribution in [0.25, 0.3) is 11.5 Å². The van der Waals surface area contributed by atoms with Crippen molar-refractivity contribution < 1.29 is 22.9 Å². The molecule has 1 atom stereocenters. The van der Waals surface area contributed by atoms with Gasteiger partial charge in [0, 0.05) is 18.6 Å². The zero-order valence-electron chi connectivity index (χ0n) is 14.7. The van der Waals surface area contributed by atoms with Crippen LogP contribution in [0.2, 0.25) is 0 Å². The van der Waals surface area contributed by atoms with Crippen molar-refractivity contribution in [3.63, 3.8) is 0 Å². The number of rotatable bonds is 5. The van der Waals surface area contributed by atoms with E-state index in [9.17, 15) is 9.59 Å². The summed E-state index contributed by atoms with van der Waals surface area (Å²) in [5.41, 5.74) is 0.428. The Morgan fingerprint density at radius 2 is 2.22 bits per heavy atom. The number of ether oxygens (including phenoxy) is 1. The summed E-state index contributed by atoms with van der Waals surface area (Å²) in [7, 11) is 0. The molecular formula is C19H18N2O6. The van der Waals surface area contributed by atoms with Gasteiger partial charge < -0.3 is 23.4 Å². The van der Waals surface area contributed by atoms with Crippen molar-refractivity contribution in [1.82, 2.24) is 10.5 Å². The van der Waals surface area contributed by atoms with E-state index < -0.39 is 11.5 Å². The van der Waals surface area contributed by atoms with Gasteiger partial charge in [-0.15, -0.1) is 0 Å². The van der Waals surface area contributed by atoms with Crippen LogP contribution >= 0.6 is 0 Å². The van der Waals surface area contributed by atoms with Crippen LogP contribution in [0.4, 0.5) is 0 Å². The number of carbonyl (C=O) groups excluding carboxylic acids is 1. The van der Waals surface area contributed by atoms with Crippen LogP contribution < -0.4 is 10.9 Å². The second-order valence-electron chi connectivity index (χ2n) is 6.40. The molecule has 3 aromatic heterocycles. The van der Waals surface area contributed by atoms with Crippen molar-refractivity contribution in [2.24, 2.45) is 0 Å². The molecular weight excluding hydrogens is 352 g/mol. The summed E-state index contributed by atoms with van der Waals surface area (Å²) < 4.78 is 21.1. The Bertz CT molecular complexity index is 996. The molecule has 1 N–H and O–H groups in total. The summed E-state index contributed by atoms with van der Waals surface area (Å²) >= 11 is 0. The molecule has 0 aliphatic carbocycles. The molecule has 8 nitrogen and oxygen atoms in total. The summed E-state index contributed by atoms with van der Waals surface area (Å²) in [6, 6.07) is 6.88. The number of amides is 1. The summed E-state index contributed by atoms with van der Waals surface area (Å²) in [5.74, 6) is 1.11. The van der Waals surface area contributed by atoms with Gasteiger partial charge in [-0.25, -0.2) is 4.79 Å². The molecule has 1 aliphatic heterocycles. The Morgan fingerprint density at radius 3 is 2.93 bits per heavy atom. The quantitative estimate of drug-likeness (QED) is 0.735. The lowest BCUT2D eigenvalue weighted by atomic mass is 10.0. The van der Waals surface area contributed by atoms with E-state index in [-0.39, 0.29) is 18.0 Å². The molecule has 1 saturated heterocycles. The van der Waals surface area contributed by atoms with Crippen LogP contribution in [0.5, 0.6) is 0 Å². The monoisotopic (exact) mass is 370 g/mol. The van der Waals surface area contributed by atoms with E-state index >= 15 is 0 Å². The Hall–Kier alpha value is -3.13. The zero-order valence-corrected chi connectivity index (χ0v) is 14.7. The van der Waals surface area contributed by atoms with Gasteiger partial charge in [0.25, 0.3) is 5.91 Å². The van der Waals surface area contributed by atoms with Gasteiger partial charge in [-0.1, -0.05) is 5.16 Å². The normalized spacial score (nSPS) is 16.6. The molecule has 8 heteroatoms. The van der Waals surface area contributed by atoms with Crippen molar-refractivity contribution in [3.8, 4) is 11.5 Å². The number of hydrogen-bond acceptors (Lipinski definition) is 7. The number of carbonyl (C=O) groups is 1. The van der Waals surface area contributed by atoms with Crippen molar-refractivity contribution in [2.45, 2.75) is 25.8 Å². The van der Waals surface area contributed by atoms with Gasteiger partial charge in [-0.2, -0.15) is 0 Å². The second-order valence-corrected chi connectivity index (χ2v) is 6.40. The maximum absolute atomic E-state index is 12.5. The first-order valence-electron chi connectivity index (χ1n) is 8.62. The number of hydrogen-bond donors (Lipinski definition) is 1. The summed E-state index contributed by atoms with van der Waals surface area (Å²) in [4.78, 5) is 24.8. The van der Waals surface area contributed by atoms with Crippen LogP contribution in [0.15, 0.2) is 48.7 Å². The molecule has 1 fully saturated rings. The predicted molar refractivity (Wildman–Crippen MR) is 93.3 cm³/mol. The second kappa shape index (κ2) is 7.24. The van der Waals surface area contributed by atoms with Gasteiger partial charge in [0.1, 0.15) is 17.0 Å². The first kappa shape index (κ1) is 17.3. The van der Waals surface area contributed by atoms with Crippen LogP contribution in [0.3, 0.4) is 0 Å². The minimum absolute atomic E-state index is 0.00702. The number of aromatic nitrogens is 1. The fraction of sp³-hybridized carbons (Fsp3) is 0.316. The third kappa shape index (κ3) is 3.56. The van der Waals surface area contributed by atoms with Crippen molar-refractivity contribution in [2.75, 3.05) is 13.2 Å². The molecule has 1 aliphatic rings. The van der Waals surface area contributed by atoms with E-state index in [0.717, 1.165) is 6.42 Å². The Morgan fingerprint density at radius 1 is 1.33 bits per heavy atom. The number of furan rings is 1. The molecule has 4 rings (SSSR count). The van der Waals surface area contributed by atoms with Gasteiger partial charge in [0.15, 0.2) is 5.76 Å². The molecule has 0 saturated carbocycles. The third-order valence-corrected chi connectivity index (χ3v) is 4.48. The fourth-order valence-electron chi connectivity index (χ4n) is 3.06. The molecule has 0 aromatic carbocycles. The van der Waals surface area contributed by atoms with Crippen LogP contribution in [-0.2, 0) is 11.3 Å². The highest BCUT2D eigenvalue weighted by Crippen LogP contribution is 2.25. The molecule has 140 valence electrons. The van der Waals surface area contributed by atoms with E-state index in [2.05, 4.69) is 10.5 Å². The average Bonchev–Trinajstić information content (AvgIpc) is 3.41. The Balaban J connectivity index is 1.46. The molecule has 3 aromatic rings. The van der Waals surface area contributed by atoms with Gasteiger partial charge in [0.05, 0.1) is 19.4 Å². The van der Waals surface area contributed by atoms with Gasteiger partial charge in [0.2, 0.25) is 5.76 Å². The van der Waals surface area contributed by atoms with Gasteiger partial charge >= 0.3 is 5.63 Å². The third-order valence-electron chi connectivity index (χ3n) is 4.48. The maximum atomic E-state index is 12.5. The summed E-state index contributed by atoms with van der Waals surface area (Å²) in [5, 5.41) is 6.55. The van der Waals surface area contributed by atoms with Crippen LogP contribution in [0, 0.1) is 6.92 Å². The standard InChI is InChI=1S/C19H18N2O6/c1-11-7-15(12-4-6-24-10-12)26-19(23)17(11)18(22)20-9-13-8-16(27-21-13)14-3-2-5-25-14/h2-3,5,7-8,12H,4,6,9-10H2,1H3,(H,20,22). The maximum Gasteiger partial charge on any atom is 0.349 e. The Labute approximate surface area is 154 Å². The van der Waals surface area contributed by atoms with E-state index in [4.69, 9.17) is 18.1 Å². The molecule has 1 unspecified atom stereocenters. The number of nitrogens with zero attached hydrogens (tertiary/aromatic N) is 1. The highest BCUT2D eigenvalue weighted by molar-refractivity contribution is 5.95. The minimum atomic E-state index is -0.647. The predicted octanol–water partition coefficient (Wildman–Crippen LogP) is 2.63. The van der Waals surface area contributed by atoms with Crippen LogP contribution in [0.1, 0.15) is 39.7 Å². The first-order valence-corrected chi connectivity index (χ1v) is 8.62. The summed E-state index contributed by atoms with van der Waals surface area (Å²) in [6.45, 7) is 3.00. The van der Waals surface area contributed by atoms with Crippen molar-refractivity contribution in [1.29, 1.82) is 0 Å². The highest BCUT2D eigenvalue weighted by atomic mass is 16.5. The zero-order chi connectivity index (χ0) is 18.8. The molecule has 0 bridgehead atoms. The van der Waals surface area contributed by atoms with E-state index in [1.54, 1.807) is 31.2 Å². The smallest absolute Gasteiger partial charge is 0.349 e. The topological polar surface area (TPSA) is 108 Å². The number of nitrogens with one attached hydrogen (secondary N) is 1. The van der Waals surface area contributed by atoms with E-state index in [1.165, 1.54) is 6.26 Å². The first-order chi connectivity index (χ1) is 13.1. The lowest BCUT2D eigenvalue weighted by molar-refractivity contribution is 0.0944. The lowest BCUT2D eigenvalue weighted by Gasteiger charge is -2.10. The average molecular weight is 370 g/mol. The molecule has 0 spiro atoms. The highest BCUT2D eigenvalue weighted by Gasteiger charge is 2.24. The van der Waals surface area contributed by atoms with Crippen molar-refractivity contribution in [3.05, 3.63) is 63.5 Å². The molecule has 0 radical (unpaired) electrons. The van der Waals surface area contributed by atoms with Crippen molar-refractivity contribution >= 4 is 5.91 Å². The Kier molecular flexibility index (Phi) is 4.64. The van der Waals surface area contributed by atoms with Gasteiger partial charge in [-0.05, 0) is 37.1 Å². The molecule has 1 amide bonds. The van der Waals surface area contributed by atoms with Gasteiger partial charge in [-0.3, -0.25) is 4.79 Å². The number of aryl methyl sites for hydroxylation is 1. The fourth-order valence-corrected chi connectivity index (χ4v) is 3.06.